The number of hydrogen-bond acceptors (Lipinski definition) is 4. The molecule has 0 amide bonds. The van der Waals surface area contributed by atoms with Crippen LogP contribution >= 0.6 is 0 Å². The first-order valence-corrected chi connectivity index (χ1v) is 11.9. The van der Waals surface area contributed by atoms with E-state index < -0.39 is 10.0 Å². The van der Waals surface area contributed by atoms with Crippen molar-refractivity contribution in [3.8, 4) is 0 Å². The molecule has 1 N–H and O–H groups in total. The minimum absolute atomic E-state index is 0.0152. The minimum Gasteiger partial charge on any atom is -0.395 e. The van der Waals surface area contributed by atoms with E-state index in [0.29, 0.717) is 16.6 Å². The van der Waals surface area contributed by atoms with Crippen LogP contribution in [0, 0.1) is 0 Å². The van der Waals surface area contributed by atoms with Gasteiger partial charge in [0.2, 0.25) is 10.0 Å². The highest BCUT2D eigenvalue weighted by atomic mass is 32.2. The summed E-state index contributed by atoms with van der Waals surface area (Å²) in [6, 6.07) is 0.287. The van der Waals surface area contributed by atoms with Crippen LogP contribution in [0.1, 0.15) is 90.3 Å². The third-order valence-corrected chi connectivity index (χ3v) is 7.95. The van der Waals surface area contributed by atoms with Crippen molar-refractivity contribution in [1.82, 2.24) is 14.1 Å². The Morgan fingerprint density at radius 2 is 1.70 bits per heavy atom. The lowest BCUT2D eigenvalue weighted by Gasteiger charge is -2.33. The molecule has 2 fully saturated rings. The van der Waals surface area contributed by atoms with E-state index in [4.69, 9.17) is 5.10 Å². The van der Waals surface area contributed by atoms with E-state index in [1.807, 2.05) is 25.5 Å². The molecule has 2 aliphatic rings. The molecule has 0 radical (unpaired) electrons. The molecule has 2 saturated carbocycles. The van der Waals surface area contributed by atoms with Crippen LogP contribution in [0.2, 0.25) is 0 Å². The molecule has 0 spiro atoms. The first-order valence-electron chi connectivity index (χ1n) is 10.5. The summed E-state index contributed by atoms with van der Waals surface area (Å²) in [6.45, 7) is 6.06. The third-order valence-electron chi connectivity index (χ3n) is 6.00. The molecule has 2 aliphatic carbocycles. The number of aliphatic hydroxyl groups excluding tert-OH is 1. The van der Waals surface area contributed by atoms with E-state index >= 15 is 0 Å². The molecule has 0 atom stereocenters. The topological polar surface area (TPSA) is 75.4 Å². The lowest BCUT2D eigenvalue weighted by atomic mass is 9.92. The highest BCUT2D eigenvalue weighted by Gasteiger charge is 2.38. The molecule has 1 aromatic rings. The second-order valence-electron chi connectivity index (χ2n) is 9.14. The van der Waals surface area contributed by atoms with Crippen molar-refractivity contribution in [2.45, 2.75) is 101 Å². The van der Waals surface area contributed by atoms with Crippen molar-refractivity contribution in [1.29, 1.82) is 0 Å². The predicted octanol–water partition coefficient (Wildman–Crippen LogP) is 3.61. The zero-order valence-electron chi connectivity index (χ0n) is 17.0. The summed E-state index contributed by atoms with van der Waals surface area (Å²) in [5.41, 5.74) is 0.289. The van der Waals surface area contributed by atoms with Crippen LogP contribution in [-0.4, -0.2) is 46.8 Å². The van der Waals surface area contributed by atoms with Gasteiger partial charge in [-0.1, -0.05) is 52.9 Å². The van der Waals surface area contributed by atoms with E-state index in [1.54, 1.807) is 10.5 Å². The summed E-state index contributed by atoms with van der Waals surface area (Å²) < 4.78 is 30.8. The lowest BCUT2D eigenvalue weighted by molar-refractivity contribution is 0.199. The molecule has 0 bridgehead atoms. The van der Waals surface area contributed by atoms with Gasteiger partial charge < -0.3 is 5.11 Å². The molecular weight excluding hydrogens is 362 g/mol. The van der Waals surface area contributed by atoms with Gasteiger partial charge in [-0.2, -0.15) is 9.40 Å². The van der Waals surface area contributed by atoms with Gasteiger partial charge in [-0.05, 0) is 25.7 Å². The average Bonchev–Trinajstić information content (AvgIpc) is 3.29. The van der Waals surface area contributed by atoms with Crippen molar-refractivity contribution in [3.63, 3.8) is 0 Å². The summed E-state index contributed by atoms with van der Waals surface area (Å²) in [4.78, 5) is 0.334. The molecule has 0 aromatic carbocycles. The van der Waals surface area contributed by atoms with Crippen LogP contribution in [0.25, 0.3) is 0 Å². The van der Waals surface area contributed by atoms with E-state index in [1.165, 1.54) is 12.8 Å². The Morgan fingerprint density at radius 3 is 2.26 bits per heavy atom. The van der Waals surface area contributed by atoms with Gasteiger partial charge in [0.15, 0.2) is 0 Å². The Labute approximate surface area is 164 Å². The van der Waals surface area contributed by atoms with E-state index in [9.17, 15) is 13.5 Å². The highest BCUT2D eigenvalue weighted by Crippen LogP contribution is 2.36. The number of sulfonamides is 1. The van der Waals surface area contributed by atoms with Crippen molar-refractivity contribution in [3.05, 3.63) is 11.9 Å². The van der Waals surface area contributed by atoms with Gasteiger partial charge >= 0.3 is 0 Å². The van der Waals surface area contributed by atoms with Crippen LogP contribution < -0.4 is 0 Å². The van der Waals surface area contributed by atoms with Crippen molar-refractivity contribution < 1.29 is 13.5 Å². The Morgan fingerprint density at radius 1 is 1.11 bits per heavy atom. The smallest absolute Gasteiger partial charge is 0.246 e. The van der Waals surface area contributed by atoms with Gasteiger partial charge in [0, 0.05) is 24.2 Å². The number of aliphatic hydroxyl groups is 1. The van der Waals surface area contributed by atoms with Crippen LogP contribution in [0.4, 0.5) is 0 Å². The minimum atomic E-state index is -3.70. The second-order valence-corrected chi connectivity index (χ2v) is 11.0. The maximum absolute atomic E-state index is 13.7. The van der Waals surface area contributed by atoms with Gasteiger partial charge in [0.05, 0.1) is 18.3 Å². The van der Waals surface area contributed by atoms with Crippen LogP contribution in [0.15, 0.2) is 11.1 Å². The molecule has 0 unspecified atom stereocenters. The van der Waals surface area contributed by atoms with Crippen LogP contribution in [-0.2, 0) is 15.4 Å². The quantitative estimate of drug-likeness (QED) is 0.796. The SMILES string of the molecule is CC(C)(C)c1nn(C2CCCC2)cc1S(=O)(=O)N(CCO)C1CCCCC1. The van der Waals surface area contributed by atoms with E-state index in [2.05, 4.69) is 0 Å². The Bertz CT molecular complexity index is 724. The molecule has 154 valence electrons. The number of rotatable bonds is 6. The summed E-state index contributed by atoms with van der Waals surface area (Å²) in [6.07, 6.45) is 11.3. The van der Waals surface area contributed by atoms with Crippen molar-refractivity contribution in [2.24, 2.45) is 0 Å². The summed E-state index contributed by atoms with van der Waals surface area (Å²) in [5, 5.41) is 14.3. The fourth-order valence-electron chi connectivity index (χ4n) is 4.53. The third kappa shape index (κ3) is 4.40. The zero-order chi connectivity index (χ0) is 19.7. The normalized spacial score (nSPS) is 20.6. The molecule has 27 heavy (non-hydrogen) atoms. The summed E-state index contributed by atoms with van der Waals surface area (Å²) in [7, 11) is -3.70. The maximum atomic E-state index is 13.7. The average molecular weight is 398 g/mol. The van der Waals surface area contributed by atoms with Gasteiger partial charge in [-0.15, -0.1) is 0 Å². The number of nitrogens with zero attached hydrogens (tertiary/aromatic N) is 3. The molecule has 1 aromatic heterocycles. The van der Waals surface area contributed by atoms with E-state index in [-0.39, 0.29) is 24.6 Å². The molecule has 7 heteroatoms. The lowest BCUT2D eigenvalue weighted by Crippen LogP contribution is -2.43. The van der Waals surface area contributed by atoms with Gasteiger partial charge in [-0.3, -0.25) is 4.68 Å². The van der Waals surface area contributed by atoms with Gasteiger partial charge in [-0.25, -0.2) is 8.42 Å². The van der Waals surface area contributed by atoms with Crippen molar-refractivity contribution >= 4 is 10.0 Å². The molecule has 0 saturated heterocycles. The largest absolute Gasteiger partial charge is 0.395 e. The fourth-order valence-corrected chi connectivity index (χ4v) is 6.54. The Hall–Kier alpha value is -0.920. The molecule has 6 nitrogen and oxygen atoms in total. The first-order chi connectivity index (χ1) is 12.7. The fraction of sp³-hybridized carbons (Fsp3) is 0.850. The summed E-state index contributed by atoms with van der Waals surface area (Å²) >= 11 is 0. The van der Waals surface area contributed by atoms with Gasteiger partial charge in [0.1, 0.15) is 4.90 Å². The second kappa shape index (κ2) is 8.21. The summed E-state index contributed by atoms with van der Waals surface area (Å²) in [5.74, 6) is 0. The monoisotopic (exact) mass is 397 g/mol. The van der Waals surface area contributed by atoms with Crippen LogP contribution in [0.3, 0.4) is 0 Å². The zero-order valence-corrected chi connectivity index (χ0v) is 17.8. The Balaban J connectivity index is 2.02. The molecular formula is C20H35N3O3S. The standard InChI is InChI=1S/C20H35N3O3S/c1-20(2,3)19-18(15-22(21-19)16-9-7-8-10-16)27(25,26)23(13-14-24)17-11-5-4-6-12-17/h15-17,24H,4-14H2,1-3H3. The predicted molar refractivity (Wildman–Crippen MR) is 106 cm³/mol. The molecule has 0 aliphatic heterocycles. The number of hydrogen-bond donors (Lipinski definition) is 1. The van der Waals surface area contributed by atoms with Crippen LogP contribution in [0.5, 0.6) is 0 Å². The Kier molecular flexibility index (Phi) is 6.33. The highest BCUT2D eigenvalue weighted by molar-refractivity contribution is 7.89. The van der Waals surface area contributed by atoms with Crippen molar-refractivity contribution in [2.75, 3.05) is 13.2 Å². The molecule has 3 rings (SSSR count). The number of aromatic nitrogens is 2. The first kappa shape index (κ1) is 20.8. The van der Waals surface area contributed by atoms with Gasteiger partial charge in [0.25, 0.3) is 0 Å². The van der Waals surface area contributed by atoms with E-state index in [0.717, 1.165) is 44.9 Å². The molecule has 1 heterocycles. The maximum Gasteiger partial charge on any atom is 0.246 e.